The maximum Gasteiger partial charge on any atom is 0.273 e. The summed E-state index contributed by atoms with van der Waals surface area (Å²) in [6.45, 7) is 2.54. The van der Waals surface area contributed by atoms with E-state index < -0.39 is 4.92 Å². The molecule has 1 aromatic carbocycles. The fraction of sp³-hybridized carbons (Fsp3) is 0.455. The van der Waals surface area contributed by atoms with Crippen LogP contribution in [0.4, 0.5) is 5.69 Å². The predicted octanol–water partition coefficient (Wildman–Crippen LogP) is 2.87. The van der Waals surface area contributed by atoms with Gasteiger partial charge < -0.3 is 9.84 Å². The minimum atomic E-state index is -0.516. The van der Waals surface area contributed by atoms with E-state index in [0.717, 1.165) is 19.3 Å². The lowest BCUT2D eigenvalue weighted by atomic mass is 10.2. The van der Waals surface area contributed by atoms with Crippen LogP contribution in [0.25, 0.3) is 0 Å². The van der Waals surface area contributed by atoms with Crippen LogP contribution in [0, 0.1) is 10.1 Å². The summed E-state index contributed by atoms with van der Waals surface area (Å²) in [5, 5.41) is 19.9. The Morgan fingerprint density at radius 3 is 2.81 bits per heavy atom. The number of ether oxygens (including phenoxy) is 1. The van der Waals surface area contributed by atoms with Crippen molar-refractivity contribution in [1.29, 1.82) is 0 Å². The van der Waals surface area contributed by atoms with Crippen molar-refractivity contribution in [1.82, 2.24) is 0 Å². The standard InChI is InChI=1S/C11H15NO4/c1-2-3-4-7-16-11-8-9(12(14)15)5-6-10(11)13/h5-6,8,13H,2-4,7H2,1H3. The van der Waals surface area contributed by atoms with Gasteiger partial charge in [0.05, 0.1) is 17.6 Å². The molecule has 0 atom stereocenters. The lowest BCUT2D eigenvalue weighted by molar-refractivity contribution is -0.385. The first kappa shape index (κ1) is 12.3. The molecule has 0 amide bonds. The molecule has 1 N–H and O–H groups in total. The monoisotopic (exact) mass is 225 g/mol. The van der Waals surface area contributed by atoms with Crippen molar-refractivity contribution in [2.45, 2.75) is 26.2 Å². The lowest BCUT2D eigenvalue weighted by Crippen LogP contribution is -1.98. The predicted molar refractivity (Wildman–Crippen MR) is 59.8 cm³/mol. The first-order valence-corrected chi connectivity index (χ1v) is 5.25. The Bertz CT molecular complexity index is 365. The van der Waals surface area contributed by atoms with Crippen LogP contribution in [0.5, 0.6) is 11.5 Å². The third kappa shape index (κ3) is 3.42. The molecule has 0 saturated carbocycles. The van der Waals surface area contributed by atoms with Crippen LogP contribution in [-0.2, 0) is 0 Å². The van der Waals surface area contributed by atoms with Crippen LogP contribution < -0.4 is 4.74 Å². The lowest BCUT2D eigenvalue weighted by Gasteiger charge is -2.07. The first-order chi connectivity index (χ1) is 7.65. The number of hydrogen-bond acceptors (Lipinski definition) is 4. The molecule has 1 rings (SSSR count). The average molecular weight is 225 g/mol. The molecule has 0 aromatic heterocycles. The van der Waals surface area contributed by atoms with Gasteiger partial charge in [-0.05, 0) is 12.5 Å². The Morgan fingerprint density at radius 1 is 1.44 bits per heavy atom. The highest BCUT2D eigenvalue weighted by molar-refractivity contribution is 5.47. The Balaban J connectivity index is 2.63. The van der Waals surface area contributed by atoms with Crippen molar-refractivity contribution in [3.8, 4) is 11.5 Å². The van der Waals surface area contributed by atoms with E-state index in [1.807, 2.05) is 0 Å². The molecule has 5 heteroatoms. The summed E-state index contributed by atoms with van der Waals surface area (Å²) < 4.78 is 5.28. The maximum absolute atomic E-state index is 10.5. The van der Waals surface area contributed by atoms with Crippen molar-refractivity contribution in [2.24, 2.45) is 0 Å². The van der Waals surface area contributed by atoms with Gasteiger partial charge in [-0.25, -0.2) is 0 Å². The van der Waals surface area contributed by atoms with Crippen LogP contribution in [-0.4, -0.2) is 16.6 Å². The fourth-order valence-corrected chi connectivity index (χ4v) is 1.27. The number of nitro groups is 1. The number of phenols is 1. The van der Waals surface area contributed by atoms with E-state index in [1.54, 1.807) is 0 Å². The summed E-state index contributed by atoms with van der Waals surface area (Å²) in [5.41, 5.74) is -0.0803. The van der Waals surface area contributed by atoms with Gasteiger partial charge in [-0.2, -0.15) is 0 Å². The van der Waals surface area contributed by atoms with Crippen molar-refractivity contribution in [3.63, 3.8) is 0 Å². The van der Waals surface area contributed by atoms with Crippen LogP contribution >= 0.6 is 0 Å². The first-order valence-electron chi connectivity index (χ1n) is 5.25. The van der Waals surface area contributed by atoms with Crippen molar-refractivity contribution < 1.29 is 14.8 Å². The van der Waals surface area contributed by atoms with Crippen LogP contribution in [0.1, 0.15) is 26.2 Å². The molecular weight excluding hydrogens is 210 g/mol. The van der Waals surface area contributed by atoms with E-state index in [9.17, 15) is 15.2 Å². The van der Waals surface area contributed by atoms with Gasteiger partial charge in [0.15, 0.2) is 11.5 Å². The van der Waals surface area contributed by atoms with Crippen molar-refractivity contribution in [3.05, 3.63) is 28.3 Å². The summed E-state index contributed by atoms with van der Waals surface area (Å²) in [6.07, 6.45) is 2.98. The number of non-ortho nitro benzene ring substituents is 1. The number of nitrogens with zero attached hydrogens (tertiary/aromatic N) is 1. The number of phenolic OH excluding ortho intramolecular Hbond substituents is 1. The quantitative estimate of drug-likeness (QED) is 0.459. The van der Waals surface area contributed by atoms with E-state index in [2.05, 4.69) is 6.92 Å². The van der Waals surface area contributed by atoms with E-state index >= 15 is 0 Å². The maximum atomic E-state index is 10.5. The zero-order chi connectivity index (χ0) is 12.0. The smallest absolute Gasteiger partial charge is 0.273 e. The molecule has 1 aromatic rings. The van der Waals surface area contributed by atoms with Gasteiger partial charge in [-0.3, -0.25) is 10.1 Å². The average Bonchev–Trinajstić information content (AvgIpc) is 2.26. The molecule has 5 nitrogen and oxygen atoms in total. The van der Waals surface area contributed by atoms with Crippen molar-refractivity contribution in [2.75, 3.05) is 6.61 Å². The number of rotatable bonds is 6. The summed E-state index contributed by atoms with van der Waals surface area (Å²) in [5.74, 6) is 0.104. The highest BCUT2D eigenvalue weighted by Crippen LogP contribution is 2.30. The summed E-state index contributed by atoms with van der Waals surface area (Å²) in [6, 6.07) is 3.75. The zero-order valence-corrected chi connectivity index (χ0v) is 9.18. The molecular formula is C11H15NO4. The third-order valence-corrected chi connectivity index (χ3v) is 2.16. The number of nitro benzene ring substituents is 1. The molecule has 0 bridgehead atoms. The minimum absolute atomic E-state index is 0.0675. The third-order valence-electron chi connectivity index (χ3n) is 2.16. The Morgan fingerprint density at radius 2 is 2.19 bits per heavy atom. The molecule has 0 radical (unpaired) electrons. The second-order valence-corrected chi connectivity index (χ2v) is 3.46. The van der Waals surface area contributed by atoms with Gasteiger partial charge in [-0.1, -0.05) is 19.8 Å². The molecule has 0 aliphatic carbocycles. The van der Waals surface area contributed by atoms with E-state index in [1.165, 1.54) is 18.2 Å². The molecule has 0 aliphatic heterocycles. The largest absolute Gasteiger partial charge is 0.504 e. The second-order valence-electron chi connectivity index (χ2n) is 3.46. The van der Waals surface area contributed by atoms with Gasteiger partial charge >= 0.3 is 0 Å². The number of benzene rings is 1. The summed E-state index contributed by atoms with van der Waals surface area (Å²) in [7, 11) is 0. The topological polar surface area (TPSA) is 72.6 Å². The molecule has 0 unspecified atom stereocenters. The van der Waals surface area contributed by atoms with Gasteiger partial charge in [0, 0.05) is 6.07 Å². The normalized spacial score (nSPS) is 10.1. The summed E-state index contributed by atoms with van der Waals surface area (Å²) in [4.78, 5) is 9.99. The SMILES string of the molecule is CCCCCOc1cc([N+](=O)[O-])ccc1O. The Hall–Kier alpha value is -1.78. The van der Waals surface area contributed by atoms with E-state index in [-0.39, 0.29) is 17.2 Å². The number of hydrogen-bond donors (Lipinski definition) is 1. The van der Waals surface area contributed by atoms with Crippen LogP contribution in [0.15, 0.2) is 18.2 Å². The molecule has 0 aliphatic rings. The fourth-order valence-electron chi connectivity index (χ4n) is 1.27. The molecule has 88 valence electrons. The molecule has 0 saturated heterocycles. The van der Waals surface area contributed by atoms with Gasteiger partial charge in [0.2, 0.25) is 0 Å². The summed E-state index contributed by atoms with van der Waals surface area (Å²) >= 11 is 0. The van der Waals surface area contributed by atoms with Gasteiger partial charge in [-0.15, -0.1) is 0 Å². The van der Waals surface area contributed by atoms with Crippen LogP contribution in [0.3, 0.4) is 0 Å². The molecule has 16 heavy (non-hydrogen) atoms. The van der Waals surface area contributed by atoms with Gasteiger partial charge in [0.1, 0.15) is 0 Å². The van der Waals surface area contributed by atoms with E-state index in [4.69, 9.17) is 4.74 Å². The minimum Gasteiger partial charge on any atom is -0.504 e. The van der Waals surface area contributed by atoms with Gasteiger partial charge in [0.25, 0.3) is 5.69 Å². The number of aromatic hydroxyl groups is 1. The number of unbranched alkanes of at least 4 members (excludes halogenated alkanes) is 2. The highest BCUT2D eigenvalue weighted by atomic mass is 16.6. The molecule has 0 heterocycles. The molecule has 0 fully saturated rings. The second kappa shape index (κ2) is 5.95. The zero-order valence-electron chi connectivity index (χ0n) is 9.18. The van der Waals surface area contributed by atoms with E-state index in [0.29, 0.717) is 6.61 Å². The van der Waals surface area contributed by atoms with Crippen molar-refractivity contribution >= 4 is 5.69 Å². The molecule has 0 spiro atoms. The van der Waals surface area contributed by atoms with Crippen LogP contribution in [0.2, 0.25) is 0 Å². The highest BCUT2D eigenvalue weighted by Gasteiger charge is 2.10. The Kier molecular flexibility index (Phi) is 4.57. The Labute approximate surface area is 93.8 Å².